The van der Waals surface area contributed by atoms with Crippen molar-refractivity contribution in [3.05, 3.63) is 59.7 Å². The molecule has 0 bridgehead atoms. The summed E-state index contributed by atoms with van der Waals surface area (Å²) in [5.74, 6) is 0.639. The van der Waals surface area contributed by atoms with Crippen LogP contribution in [-0.2, 0) is 5.33 Å². The van der Waals surface area contributed by atoms with Crippen LogP contribution in [0.5, 0.6) is 5.75 Å². The van der Waals surface area contributed by atoms with Crippen LogP contribution in [0.4, 0.5) is 5.69 Å². The zero-order valence-corrected chi connectivity index (χ0v) is 13.7. The molecule has 0 spiro atoms. The van der Waals surface area contributed by atoms with Crippen molar-refractivity contribution in [2.45, 2.75) is 25.3 Å². The monoisotopic (exact) mass is 347 g/mol. The minimum absolute atomic E-state index is 0.122. The quantitative estimate of drug-likeness (QED) is 0.801. The van der Waals surface area contributed by atoms with Gasteiger partial charge in [0.15, 0.2) is 0 Å². The first kappa shape index (κ1) is 15.6. The van der Waals surface area contributed by atoms with Gasteiger partial charge in [0.25, 0.3) is 5.91 Å². The first-order chi connectivity index (χ1) is 10.1. The molecule has 0 saturated carbocycles. The van der Waals surface area contributed by atoms with Gasteiger partial charge in [-0.1, -0.05) is 28.1 Å². The van der Waals surface area contributed by atoms with E-state index in [4.69, 9.17) is 4.74 Å². The molecule has 3 nitrogen and oxygen atoms in total. The maximum Gasteiger partial charge on any atom is 0.255 e. The summed E-state index contributed by atoms with van der Waals surface area (Å²) in [6.45, 7) is 3.94. The van der Waals surface area contributed by atoms with E-state index >= 15 is 0 Å². The molecule has 0 aliphatic rings. The van der Waals surface area contributed by atoms with Crippen LogP contribution >= 0.6 is 15.9 Å². The van der Waals surface area contributed by atoms with Crippen molar-refractivity contribution < 1.29 is 9.53 Å². The molecule has 0 fully saturated rings. The summed E-state index contributed by atoms with van der Waals surface area (Å²) >= 11 is 3.40. The molecule has 0 aromatic heterocycles. The van der Waals surface area contributed by atoms with E-state index < -0.39 is 0 Å². The van der Waals surface area contributed by atoms with Gasteiger partial charge in [-0.3, -0.25) is 4.79 Å². The Kier molecular flexibility index (Phi) is 5.39. The summed E-state index contributed by atoms with van der Waals surface area (Å²) in [4.78, 5) is 12.2. The molecule has 0 heterocycles. The molecular formula is C17H18BrNO2. The van der Waals surface area contributed by atoms with Gasteiger partial charge in [-0.2, -0.15) is 0 Å². The number of hydrogen-bond acceptors (Lipinski definition) is 2. The Morgan fingerprint density at radius 1 is 1.19 bits per heavy atom. The molecule has 0 atom stereocenters. The van der Waals surface area contributed by atoms with Crippen LogP contribution in [0.25, 0.3) is 0 Å². The fourth-order valence-electron chi connectivity index (χ4n) is 1.89. The summed E-state index contributed by atoms with van der Waals surface area (Å²) in [5, 5.41) is 3.65. The normalized spacial score (nSPS) is 10.5. The molecule has 21 heavy (non-hydrogen) atoms. The van der Waals surface area contributed by atoms with Crippen molar-refractivity contribution in [2.24, 2.45) is 0 Å². The minimum Gasteiger partial charge on any atom is -0.491 e. The van der Waals surface area contributed by atoms with Crippen molar-refractivity contribution in [3.8, 4) is 5.75 Å². The third-order valence-corrected chi connectivity index (χ3v) is 3.47. The average Bonchev–Trinajstić information content (AvgIpc) is 2.47. The Bertz CT molecular complexity index is 608. The number of halogens is 1. The fraction of sp³-hybridized carbons (Fsp3) is 0.235. The number of carbonyl (C=O) groups excluding carboxylic acids is 1. The summed E-state index contributed by atoms with van der Waals surface area (Å²) in [5.41, 5.74) is 2.52. The van der Waals surface area contributed by atoms with E-state index in [0.29, 0.717) is 5.56 Å². The maximum atomic E-state index is 12.2. The molecule has 1 N–H and O–H groups in total. The van der Waals surface area contributed by atoms with E-state index in [-0.39, 0.29) is 12.0 Å². The number of amides is 1. The average molecular weight is 348 g/mol. The highest BCUT2D eigenvalue weighted by Crippen LogP contribution is 2.17. The minimum atomic E-state index is -0.127. The number of hydrogen-bond donors (Lipinski definition) is 1. The highest BCUT2D eigenvalue weighted by Gasteiger charge is 2.07. The summed E-state index contributed by atoms with van der Waals surface area (Å²) in [6, 6.07) is 14.9. The number of ether oxygens (including phenoxy) is 1. The Labute approximate surface area is 133 Å². The second-order valence-electron chi connectivity index (χ2n) is 4.98. The van der Waals surface area contributed by atoms with Crippen LogP contribution in [-0.4, -0.2) is 12.0 Å². The Morgan fingerprint density at radius 2 is 1.90 bits per heavy atom. The molecule has 0 aliphatic heterocycles. The summed E-state index contributed by atoms with van der Waals surface area (Å²) in [6.07, 6.45) is 0.122. The number of anilines is 1. The van der Waals surface area contributed by atoms with Gasteiger partial charge in [0.2, 0.25) is 0 Å². The van der Waals surface area contributed by atoms with Crippen molar-refractivity contribution in [2.75, 3.05) is 5.32 Å². The van der Waals surface area contributed by atoms with E-state index in [1.54, 1.807) is 12.1 Å². The molecule has 0 radical (unpaired) electrons. The molecule has 2 aromatic rings. The topological polar surface area (TPSA) is 38.3 Å². The number of nitrogens with one attached hydrogen (secondary N) is 1. The van der Waals surface area contributed by atoms with E-state index in [2.05, 4.69) is 21.2 Å². The van der Waals surface area contributed by atoms with Crippen LogP contribution < -0.4 is 10.1 Å². The van der Waals surface area contributed by atoms with Gasteiger partial charge >= 0.3 is 0 Å². The zero-order chi connectivity index (χ0) is 15.2. The van der Waals surface area contributed by atoms with Gasteiger partial charge < -0.3 is 10.1 Å². The molecule has 110 valence electrons. The molecule has 0 aliphatic carbocycles. The molecule has 0 saturated heterocycles. The lowest BCUT2D eigenvalue weighted by Gasteiger charge is -2.10. The largest absolute Gasteiger partial charge is 0.491 e. The lowest BCUT2D eigenvalue weighted by molar-refractivity contribution is 0.102. The standard InChI is InChI=1S/C17H18BrNO2/c1-12(2)21-16-8-6-14(7-9-16)17(20)19-15-5-3-4-13(10-15)11-18/h3-10,12H,11H2,1-2H3,(H,19,20). The van der Waals surface area contributed by atoms with Crippen LogP contribution in [0.15, 0.2) is 48.5 Å². The Balaban J connectivity index is 2.05. The summed E-state index contributed by atoms with van der Waals surface area (Å²) < 4.78 is 5.56. The van der Waals surface area contributed by atoms with Gasteiger partial charge in [-0.25, -0.2) is 0 Å². The zero-order valence-electron chi connectivity index (χ0n) is 12.1. The number of benzene rings is 2. The van der Waals surface area contributed by atoms with Crippen LogP contribution in [0.2, 0.25) is 0 Å². The smallest absolute Gasteiger partial charge is 0.255 e. The Morgan fingerprint density at radius 3 is 2.52 bits per heavy atom. The SMILES string of the molecule is CC(C)Oc1ccc(C(=O)Nc2cccc(CBr)c2)cc1. The molecule has 2 rings (SSSR count). The van der Waals surface area contributed by atoms with E-state index in [0.717, 1.165) is 22.3 Å². The highest BCUT2D eigenvalue weighted by atomic mass is 79.9. The lowest BCUT2D eigenvalue weighted by Crippen LogP contribution is -2.12. The van der Waals surface area contributed by atoms with Crippen molar-refractivity contribution >= 4 is 27.5 Å². The maximum absolute atomic E-state index is 12.2. The van der Waals surface area contributed by atoms with Gasteiger partial charge in [-0.15, -0.1) is 0 Å². The van der Waals surface area contributed by atoms with E-state index in [1.165, 1.54) is 0 Å². The number of alkyl halides is 1. The number of rotatable bonds is 5. The molecule has 0 unspecified atom stereocenters. The van der Waals surface area contributed by atoms with Gasteiger partial charge in [0.05, 0.1) is 6.10 Å². The van der Waals surface area contributed by atoms with Crippen LogP contribution in [0.1, 0.15) is 29.8 Å². The third kappa shape index (κ3) is 4.60. The highest BCUT2D eigenvalue weighted by molar-refractivity contribution is 9.08. The Hall–Kier alpha value is -1.81. The van der Waals surface area contributed by atoms with E-state index in [9.17, 15) is 4.79 Å². The van der Waals surface area contributed by atoms with Gasteiger partial charge in [0, 0.05) is 16.6 Å². The second-order valence-corrected chi connectivity index (χ2v) is 5.54. The first-order valence-corrected chi connectivity index (χ1v) is 7.93. The molecule has 4 heteroatoms. The van der Waals surface area contributed by atoms with Gasteiger partial charge in [-0.05, 0) is 55.8 Å². The third-order valence-electron chi connectivity index (χ3n) is 2.83. The van der Waals surface area contributed by atoms with E-state index in [1.807, 2.05) is 50.2 Å². The second kappa shape index (κ2) is 7.27. The number of carbonyl (C=O) groups is 1. The van der Waals surface area contributed by atoms with Crippen molar-refractivity contribution in [1.29, 1.82) is 0 Å². The van der Waals surface area contributed by atoms with Crippen molar-refractivity contribution in [1.82, 2.24) is 0 Å². The molecule has 2 aromatic carbocycles. The summed E-state index contributed by atoms with van der Waals surface area (Å²) in [7, 11) is 0. The molecular weight excluding hydrogens is 330 g/mol. The van der Waals surface area contributed by atoms with Crippen LogP contribution in [0, 0.1) is 0 Å². The fourth-order valence-corrected chi connectivity index (χ4v) is 2.24. The van der Waals surface area contributed by atoms with Crippen molar-refractivity contribution in [3.63, 3.8) is 0 Å². The lowest BCUT2D eigenvalue weighted by atomic mass is 10.2. The predicted molar refractivity (Wildman–Crippen MR) is 89.2 cm³/mol. The van der Waals surface area contributed by atoms with Gasteiger partial charge in [0.1, 0.15) is 5.75 Å². The predicted octanol–water partition coefficient (Wildman–Crippen LogP) is 4.62. The van der Waals surface area contributed by atoms with Crippen LogP contribution in [0.3, 0.4) is 0 Å². The molecule has 1 amide bonds. The first-order valence-electron chi connectivity index (χ1n) is 6.81.